The molecule has 0 aliphatic carbocycles. The number of hydrogen-bond donors (Lipinski definition) is 1. The Bertz CT molecular complexity index is 701. The highest BCUT2D eigenvalue weighted by Gasteiger charge is 2.21. The van der Waals surface area contributed by atoms with Crippen LogP contribution in [0.3, 0.4) is 0 Å². The van der Waals surface area contributed by atoms with Crippen molar-refractivity contribution in [2.45, 2.75) is 0 Å². The number of aromatic hydroxyl groups is 1. The van der Waals surface area contributed by atoms with E-state index in [2.05, 4.69) is 25.7 Å². The highest BCUT2D eigenvalue weighted by atomic mass is 79.9. The number of nitrogens with zero attached hydrogens (tertiary/aromatic N) is 2. The first-order chi connectivity index (χ1) is 8.95. The number of methoxy groups -OCH3 is 1. The fourth-order valence-electron chi connectivity index (χ4n) is 1.62. The van der Waals surface area contributed by atoms with Crippen LogP contribution in [0.15, 0.2) is 22.7 Å². The van der Waals surface area contributed by atoms with Crippen molar-refractivity contribution in [3.05, 3.63) is 38.5 Å². The summed E-state index contributed by atoms with van der Waals surface area (Å²) in [5, 5.41) is 21.0. The second-order valence-corrected chi connectivity index (χ2v) is 4.42. The third kappa shape index (κ3) is 2.22. The lowest BCUT2D eigenvalue weighted by Gasteiger charge is -2.06. The number of pyridine rings is 1. The number of rotatable bonds is 2. The second-order valence-electron chi connectivity index (χ2n) is 3.57. The summed E-state index contributed by atoms with van der Waals surface area (Å²) in [6.45, 7) is 0. The van der Waals surface area contributed by atoms with Crippen LogP contribution in [-0.2, 0) is 4.74 Å². The molecule has 0 saturated heterocycles. The Morgan fingerprint density at radius 3 is 2.79 bits per heavy atom. The summed E-state index contributed by atoms with van der Waals surface area (Å²) in [5.41, 5.74) is -0.590. The maximum atomic E-state index is 11.4. The zero-order valence-electron chi connectivity index (χ0n) is 9.58. The van der Waals surface area contributed by atoms with Crippen molar-refractivity contribution >= 4 is 38.5 Å². The van der Waals surface area contributed by atoms with E-state index in [9.17, 15) is 20.0 Å². The van der Waals surface area contributed by atoms with Crippen LogP contribution in [0.2, 0.25) is 0 Å². The first-order valence-corrected chi connectivity index (χ1v) is 5.80. The third-order valence-electron chi connectivity index (χ3n) is 2.46. The number of carbonyl (C=O) groups excluding carboxylic acids is 1. The van der Waals surface area contributed by atoms with Crippen molar-refractivity contribution in [3.63, 3.8) is 0 Å². The Kier molecular flexibility index (Phi) is 3.34. The smallest absolute Gasteiger partial charge is 0.356 e. The lowest BCUT2D eigenvalue weighted by molar-refractivity contribution is -0.383. The van der Waals surface area contributed by atoms with Gasteiger partial charge in [0.2, 0.25) is 0 Å². The second kappa shape index (κ2) is 4.81. The SMILES string of the molecule is COC(=O)c1cc(O)c2c(Br)ccc([N+](=O)[O-])c2n1. The Balaban J connectivity index is 2.88. The van der Waals surface area contributed by atoms with Gasteiger partial charge in [-0.2, -0.15) is 0 Å². The number of non-ortho nitro benzene ring substituents is 1. The summed E-state index contributed by atoms with van der Waals surface area (Å²) >= 11 is 3.17. The van der Waals surface area contributed by atoms with Crippen LogP contribution < -0.4 is 0 Å². The van der Waals surface area contributed by atoms with Crippen LogP contribution in [0.1, 0.15) is 10.5 Å². The van der Waals surface area contributed by atoms with Crippen molar-refractivity contribution in [1.29, 1.82) is 0 Å². The zero-order chi connectivity index (χ0) is 14.2. The van der Waals surface area contributed by atoms with Gasteiger partial charge in [0, 0.05) is 16.6 Å². The molecule has 1 aromatic carbocycles. The predicted molar refractivity (Wildman–Crippen MR) is 69.1 cm³/mol. The van der Waals surface area contributed by atoms with Crippen molar-refractivity contribution in [1.82, 2.24) is 4.98 Å². The van der Waals surface area contributed by atoms with E-state index in [-0.39, 0.29) is 28.0 Å². The Hall–Kier alpha value is -2.22. The number of carbonyl (C=O) groups is 1. The molecule has 2 aromatic rings. The minimum absolute atomic E-state index is 0.0835. The molecule has 0 saturated carbocycles. The molecule has 1 heterocycles. The molecule has 0 aliphatic rings. The van der Waals surface area contributed by atoms with Gasteiger partial charge in [0.05, 0.1) is 17.4 Å². The summed E-state index contributed by atoms with van der Waals surface area (Å²) in [4.78, 5) is 25.6. The number of nitro benzene ring substituents is 1. The summed E-state index contributed by atoms with van der Waals surface area (Å²) in [6.07, 6.45) is 0. The van der Waals surface area contributed by atoms with Gasteiger partial charge in [-0.3, -0.25) is 10.1 Å². The maximum Gasteiger partial charge on any atom is 0.356 e. The molecule has 0 spiro atoms. The number of esters is 1. The van der Waals surface area contributed by atoms with E-state index in [1.54, 1.807) is 0 Å². The molecule has 1 aromatic heterocycles. The molecule has 0 fully saturated rings. The molecule has 98 valence electrons. The van der Waals surface area contributed by atoms with E-state index < -0.39 is 10.9 Å². The Morgan fingerprint density at radius 2 is 2.21 bits per heavy atom. The Morgan fingerprint density at radius 1 is 1.53 bits per heavy atom. The maximum absolute atomic E-state index is 11.4. The average Bonchev–Trinajstić information content (AvgIpc) is 2.37. The zero-order valence-corrected chi connectivity index (χ0v) is 11.2. The minimum atomic E-state index is -0.786. The predicted octanol–water partition coefficient (Wildman–Crippen LogP) is 2.40. The van der Waals surface area contributed by atoms with Gasteiger partial charge in [-0.15, -0.1) is 0 Å². The summed E-state index contributed by atoms with van der Waals surface area (Å²) in [7, 11) is 1.15. The minimum Gasteiger partial charge on any atom is -0.507 e. The van der Waals surface area contributed by atoms with E-state index in [0.717, 1.165) is 13.2 Å². The number of benzene rings is 1. The molecule has 0 atom stereocenters. The molecule has 2 rings (SSSR count). The van der Waals surface area contributed by atoms with Gasteiger partial charge in [-0.25, -0.2) is 9.78 Å². The number of aromatic nitrogens is 1. The monoisotopic (exact) mass is 326 g/mol. The van der Waals surface area contributed by atoms with Crippen LogP contribution in [0, 0.1) is 10.1 Å². The average molecular weight is 327 g/mol. The van der Waals surface area contributed by atoms with Gasteiger partial charge < -0.3 is 9.84 Å². The molecule has 0 unspecified atom stereocenters. The number of hydrogen-bond acceptors (Lipinski definition) is 6. The van der Waals surface area contributed by atoms with Crippen molar-refractivity contribution in [3.8, 4) is 5.75 Å². The summed E-state index contributed by atoms with van der Waals surface area (Å²) in [6, 6.07) is 3.77. The molecule has 0 radical (unpaired) electrons. The first-order valence-electron chi connectivity index (χ1n) is 5.00. The van der Waals surface area contributed by atoms with Crippen LogP contribution in [0.25, 0.3) is 10.9 Å². The molecule has 0 bridgehead atoms. The van der Waals surface area contributed by atoms with Crippen LogP contribution in [-0.4, -0.2) is 28.1 Å². The van der Waals surface area contributed by atoms with Gasteiger partial charge in [-0.1, -0.05) is 0 Å². The largest absolute Gasteiger partial charge is 0.507 e. The van der Waals surface area contributed by atoms with Gasteiger partial charge in [0.15, 0.2) is 11.2 Å². The lowest BCUT2D eigenvalue weighted by Crippen LogP contribution is -2.05. The van der Waals surface area contributed by atoms with Crippen molar-refractivity contribution in [2.24, 2.45) is 0 Å². The van der Waals surface area contributed by atoms with E-state index in [4.69, 9.17) is 0 Å². The van der Waals surface area contributed by atoms with Gasteiger partial charge in [0.1, 0.15) is 5.75 Å². The molecule has 0 amide bonds. The highest BCUT2D eigenvalue weighted by Crippen LogP contribution is 2.36. The van der Waals surface area contributed by atoms with E-state index >= 15 is 0 Å². The fourth-order valence-corrected chi connectivity index (χ4v) is 2.15. The van der Waals surface area contributed by atoms with Crippen molar-refractivity contribution in [2.75, 3.05) is 7.11 Å². The van der Waals surface area contributed by atoms with Crippen LogP contribution in [0.5, 0.6) is 5.75 Å². The lowest BCUT2D eigenvalue weighted by atomic mass is 10.1. The molecule has 8 heteroatoms. The number of ether oxygens (including phenoxy) is 1. The van der Waals surface area contributed by atoms with Gasteiger partial charge in [-0.05, 0) is 22.0 Å². The third-order valence-corrected chi connectivity index (χ3v) is 3.12. The standard InChI is InChI=1S/C11H7BrN2O5/c1-19-11(16)6-4-8(15)9-5(12)2-3-7(14(17)18)10(9)13-6/h2-4H,1H3,(H,13,15). The number of nitro groups is 1. The number of halogens is 1. The molecule has 7 nitrogen and oxygen atoms in total. The first kappa shape index (κ1) is 13.2. The quantitative estimate of drug-likeness (QED) is 0.516. The number of fused-ring (bicyclic) bond motifs is 1. The molecular weight excluding hydrogens is 320 g/mol. The fraction of sp³-hybridized carbons (Fsp3) is 0.0909. The van der Waals surface area contributed by atoms with E-state index in [1.165, 1.54) is 12.1 Å². The molecular formula is C11H7BrN2O5. The van der Waals surface area contributed by atoms with Gasteiger partial charge >= 0.3 is 5.97 Å². The molecule has 19 heavy (non-hydrogen) atoms. The van der Waals surface area contributed by atoms with Crippen LogP contribution >= 0.6 is 15.9 Å². The molecule has 1 N–H and O–H groups in total. The van der Waals surface area contributed by atoms with Crippen LogP contribution in [0.4, 0.5) is 5.69 Å². The Labute approximate surface area is 115 Å². The van der Waals surface area contributed by atoms with E-state index in [1.807, 2.05) is 0 Å². The normalized spacial score (nSPS) is 10.4. The topological polar surface area (TPSA) is 103 Å². The molecule has 0 aliphatic heterocycles. The van der Waals surface area contributed by atoms with Gasteiger partial charge in [0.25, 0.3) is 5.69 Å². The highest BCUT2D eigenvalue weighted by molar-refractivity contribution is 9.10. The summed E-state index contributed by atoms with van der Waals surface area (Å²) < 4.78 is 4.92. The van der Waals surface area contributed by atoms with E-state index in [0.29, 0.717) is 4.47 Å². The van der Waals surface area contributed by atoms with Crippen molar-refractivity contribution < 1.29 is 19.6 Å². The summed E-state index contributed by atoms with van der Waals surface area (Å²) in [5.74, 6) is -1.08.